The topological polar surface area (TPSA) is 66.8 Å². The molecule has 1 aromatic rings. The number of nitrogens with zero attached hydrogens (tertiary/aromatic N) is 1. The van der Waals surface area contributed by atoms with E-state index in [9.17, 15) is 9.59 Å². The van der Waals surface area contributed by atoms with Crippen molar-refractivity contribution < 1.29 is 19.4 Å². The smallest absolute Gasteiger partial charge is 0.341 e. The van der Waals surface area contributed by atoms with Gasteiger partial charge in [-0.2, -0.15) is 0 Å². The number of rotatable bonds is 8. The molecule has 0 aromatic heterocycles. The molecule has 0 bridgehead atoms. The van der Waals surface area contributed by atoms with Gasteiger partial charge in [0.2, 0.25) is 0 Å². The fourth-order valence-electron chi connectivity index (χ4n) is 3.27. The Morgan fingerprint density at radius 2 is 2.00 bits per heavy atom. The number of hydrogen-bond donors (Lipinski definition) is 1. The zero-order valence-electron chi connectivity index (χ0n) is 14.4. The van der Waals surface area contributed by atoms with Gasteiger partial charge in [0.25, 0.3) is 5.91 Å². The van der Waals surface area contributed by atoms with E-state index in [0.717, 1.165) is 19.5 Å². The van der Waals surface area contributed by atoms with E-state index in [-0.39, 0.29) is 5.91 Å². The minimum atomic E-state index is -1.03. The molecule has 0 heterocycles. The molecule has 1 aliphatic carbocycles. The predicted molar refractivity (Wildman–Crippen MR) is 92.3 cm³/mol. The normalized spacial score (nSPS) is 15.0. The van der Waals surface area contributed by atoms with E-state index in [1.807, 2.05) is 4.90 Å². The molecule has 132 valence electrons. The number of aliphatic carboxylic acids is 1. The van der Waals surface area contributed by atoms with E-state index in [1.165, 1.54) is 32.1 Å². The standard InChI is InChI=1S/C19H27NO4/c1-2-11-20(13-15-7-4-3-5-8-15)19(23)16-9-6-10-17(12-16)24-14-18(21)22/h6,9-10,12,15H,2-5,7-8,11,13-14H2,1H3,(H,21,22). The second-order valence-electron chi connectivity index (χ2n) is 6.47. The number of ether oxygens (including phenoxy) is 1. The van der Waals surface area contributed by atoms with E-state index in [4.69, 9.17) is 9.84 Å². The van der Waals surface area contributed by atoms with Crippen molar-refractivity contribution in [2.75, 3.05) is 19.7 Å². The molecule has 1 fully saturated rings. The van der Waals surface area contributed by atoms with Gasteiger partial charge in [0, 0.05) is 18.7 Å². The Labute approximate surface area is 143 Å². The quantitative estimate of drug-likeness (QED) is 0.789. The summed E-state index contributed by atoms with van der Waals surface area (Å²) >= 11 is 0. The van der Waals surface area contributed by atoms with Crippen molar-refractivity contribution in [3.8, 4) is 5.75 Å². The van der Waals surface area contributed by atoms with Gasteiger partial charge in [-0.3, -0.25) is 4.79 Å². The highest BCUT2D eigenvalue weighted by atomic mass is 16.5. The van der Waals surface area contributed by atoms with Crippen LogP contribution < -0.4 is 4.74 Å². The van der Waals surface area contributed by atoms with Gasteiger partial charge in [0.15, 0.2) is 6.61 Å². The van der Waals surface area contributed by atoms with Crippen LogP contribution >= 0.6 is 0 Å². The Kier molecular flexibility index (Phi) is 7.09. The highest BCUT2D eigenvalue weighted by Gasteiger charge is 2.21. The SMILES string of the molecule is CCCN(CC1CCCCC1)C(=O)c1cccc(OCC(=O)O)c1. The van der Waals surface area contributed by atoms with Gasteiger partial charge in [-0.25, -0.2) is 4.79 Å². The summed E-state index contributed by atoms with van der Waals surface area (Å²) in [5.74, 6) is -0.0158. The van der Waals surface area contributed by atoms with Gasteiger partial charge in [-0.15, -0.1) is 0 Å². The lowest BCUT2D eigenvalue weighted by Gasteiger charge is -2.29. The molecule has 5 nitrogen and oxygen atoms in total. The average molecular weight is 333 g/mol. The molecule has 0 spiro atoms. The van der Waals surface area contributed by atoms with Crippen LogP contribution in [0.25, 0.3) is 0 Å². The van der Waals surface area contributed by atoms with Gasteiger partial charge in [-0.05, 0) is 43.4 Å². The Balaban J connectivity index is 2.04. The first-order chi connectivity index (χ1) is 11.6. The van der Waals surface area contributed by atoms with Crippen molar-refractivity contribution in [1.29, 1.82) is 0 Å². The first-order valence-electron chi connectivity index (χ1n) is 8.84. The van der Waals surface area contributed by atoms with Crippen LogP contribution in [0.5, 0.6) is 5.75 Å². The van der Waals surface area contributed by atoms with Crippen LogP contribution in [0.4, 0.5) is 0 Å². The summed E-state index contributed by atoms with van der Waals surface area (Å²) in [5, 5.41) is 8.69. The number of carboxylic acids is 1. The average Bonchev–Trinajstić information content (AvgIpc) is 2.60. The Bertz CT molecular complexity index is 552. The Morgan fingerprint density at radius 3 is 2.67 bits per heavy atom. The van der Waals surface area contributed by atoms with Crippen molar-refractivity contribution in [3.05, 3.63) is 29.8 Å². The number of carbonyl (C=O) groups excluding carboxylic acids is 1. The first kappa shape index (κ1) is 18.3. The molecule has 1 amide bonds. The molecule has 0 saturated heterocycles. The largest absolute Gasteiger partial charge is 0.482 e. The lowest BCUT2D eigenvalue weighted by Crippen LogP contribution is -2.36. The lowest BCUT2D eigenvalue weighted by atomic mass is 9.89. The van der Waals surface area contributed by atoms with Crippen LogP contribution in [0.3, 0.4) is 0 Å². The number of carbonyl (C=O) groups is 2. The van der Waals surface area contributed by atoms with Crippen LogP contribution in [0.1, 0.15) is 55.8 Å². The molecule has 24 heavy (non-hydrogen) atoms. The van der Waals surface area contributed by atoms with E-state index in [2.05, 4.69) is 6.92 Å². The minimum Gasteiger partial charge on any atom is -0.482 e. The molecule has 2 rings (SSSR count). The number of hydrogen-bond acceptors (Lipinski definition) is 3. The summed E-state index contributed by atoms with van der Waals surface area (Å²) in [6.07, 6.45) is 7.16. The molecule has 5 heteroatoms. The van der Waals surface area contributed by atoms with E-state index in [0.29, 0.717) is 17.2 Å². The fourth-order valence-corrected chi connectivity index (χ4v) is 3.27. The van der Waals surface area contributed by atoms with Gasteiger partial charge < -0.3 is 14.7 Å². The summed E-state index contributed by atoms with van der Waals surface area (Å²) in [6.45, 7) is 3.23. The zero-order chi connectivity index (χ0) is 17.4. The summed E-state index contributed by atoms with van der Waals surface area (Å²) in [5.41, 5.74) is 0.558. The van der Waals surface area contributed by atoms with Gasteiger partial charge in [0.1, 0.15) is 5.75 Å². The molecule has 1 aliphatic rings. The zero-order valence-corrected chi connectivity index (χ0v) is 14.4. The van der Waals surface area contributed by atoms with Crippen LogP contribution in [-0.4, -0.2) is 41.6 Å². The van der Waals surface area contributed by atoms with Crippen molar-refractivity contribution in [3.63, 3.8) is 0 Å². The first-order valence-corrected chi connectivity index (χ1v) is 8.84. The summed E-state index contributed by atoms with van der Waals surface area (Å²) in [4.78, 5) is 25.4. The molecule has 0 atom stereocenters. The van der Waals surface area contributed by atoms with Gasteiger partial charge >= 0.3 is 5.97 Å². The highest BCUT2D eigenvalue weighted by molar-refractivity contribution is 5.94. The molecule has 0 aliphatic heterocycles. The summed E-state index contributed by atoms with van der Waals surface area (Å²) in [6, 6.07) is 6.80. The second kappa shape index (κ2) is 9.30. The van der Waals surface area contributed by atoms with Gasteiger partial charge in [0.05, 0.1) is 0 Å². The maximum absolute atomic E-state index is 12.9. The number of amides is 1. The number of carboxylic acid groups (broad SMARTS) is 1. The maximum atomic E-state index is 12.9. The molecule has 0 unspecified atom stereocenters. The highest BCUT2D eigenvalue weighted by Crippen LogP contribution is 2.25. The Hall–Kier alpha value is -2.04. The summed E-state index contributed by atoms with van der Waals surface area (Å²) < 4.78 is 5.18. The van der Waals surface area contributed by atoms with E-state index >= 15 is 0 Å². The fraction of sp³-hybridized carbons (Fsp3) is 0.579. The Morgan fingerprint density at radius 1 is 1.25 bits per heavy atom. The van der Waals surface area contributed by atoms with Gasteiger partial charge in [-0.1, -0.05) is 32.3 Å². The van der Waals surface area contributed by atoms with Crippen molar-refractivity contribution in [1.82, 2.24) is 4.90 Å². The van der Waals surface area contributed by atoms with Crippen molar-refractivity contribution >= 4 is 11.9 Å². The van der Waals surface area contributed by atoms with Crippen LogP contribution in [-0.2, 0) is 4.79 Å². The number of benzene rings is 1. The monoisotopic (exact) mass is 333 g/mol. The third kappa shape index (κ3) is 5.55. The van der Waals surface area contributed by atoms with Crippen LogP contribution in [0.15, 0.2) is 24.3 Å². The molecular formula is C19H27NO4. The minimum absolute atomic E-state index is 0.00296. The summed E-state index contributed by atoms with van der Waals surface area (Å²) in [7, 11) is 0. The molecule has 1 N–H and O–H groups in total. The van der Waals surface area contributed by atoms with Crippen molar-refractivity contribution in [2.24, 2.45) is 5.92 Å². The molecule has 0 radical (unpaired) electrons. The third-order valence-electron chi connectivity index (χ3n) is 4.43. The lowest BCUT2D eigenvalue weighted by molar-refractivity contribution is -0.139. The molecule has 1 saturated carbocycles. The second-order valence-corrected chi connectivity index (χ2v) is 6.47. The van der Waals surface area contributed by atoms with Crippen molar-refractivity contribution in [2.45, 2.75) is 45.4 Å². The van der Waals surface area contributed by atoms with Crippen LogP contribution in [0.2, 0.25) is 0 Å². The third-order valence-corrected chi connectivity index (χ3v) is 4.43. The molecule has 1 aromatic carbocycles. The maximum Gasteiger partial charge on any atom is 0.341 e. The molecular weight excluding hydrogens is 306 g/mol. The van der Waals surface area contributed by atoms with Crippen LogP contribution in [0, 0.1) is 5.92 Å². The van der Waals surface area contributed by atoms with E-state index < -0.39 is 12.6 Å². The predicted octanol–water partition coefficient (Wildman–Crippen LogP) is 3.58. The van der Waals surface area contributed by atoms with E-state index in [1.54, 1.807) is 24.3 Å².